The minimum absolute atomic E-state index is 0.163. The van der Waals surface area contributed by atoms with Gasteiger partial charge in [0.05, 0.1) is 11.4 Å². The molecular formula is C31H37N3O. The maximum atomic E-state index is 9.95. The molecule has 1 atom stereocenters. The first-order valence-corrected chi connectivity index (χ1v) is 12.9. The van der Waals surface area contributed by atoms with E-state index in [0.717, 1.165) is 67.0 Å². The van der Waals surface area contributed by atoms with Gasteiger partial charge in [-0.25, -0.2) is 4.98 Å². The number of aromatic hydroxyl groups is 1. The van der Waals surface area contributed by atoms with Crippen LogP contribution >= 0.6 is 0 Å². The molecule has 0 aliphatic carbocycles. The van der Waals surface area contributed by atoms with Crippen molar-refractivity contribution < 1.29 is 5.11 Å². The average molecular weight is 468 g/mol. The monoisotopic (exact) mass is 467 g/mol. The van der Waals surface area contributed by atoms with Crippen LogP contribution in [0, 0.1) is 6.92 Å². The highest BCUT2D eigenvalue weighted by molar-refractivity contribution is 5.69. The Morgan fingerprint density at radius 1 is 0.886 bits per heavy atom. The fourth-order valence-corrected chi connectivity index (χ4v) is 4.70. The first kappa shape index (κ1) is 24.7. The number of nitrogens with one attached hydrogen (secondary N) is 1. The summed E-state index contributed by atoms with van der Waals surface area (Å²) in [7, 11) is 0. The lowest BCUT2D eigenvalue weighted by Crippen LogP contribution is -2.24. The van der Waals surface area contributed by atoms with E-state index in [2.05, 4.69) is 90.5 Å². The SMILES string of the molecule is CCCCC(NCc1ccc(O)c(C)c1)c1c(-c2ccccc2)nc(-c2ccccc2)n1CCC. The fourth-order valence-electron chi connectivity index (χ4n) is 4.70. The van der Waals surface area contributed by atoms with Gasteiger partial charge in [-0.05, 0) is 37.0 Å². The van der Waals surface area contributed by atoms with Crippen LogP contribution in [0.15, 0.2) is 78.9 Å². The summed E-state index contributed by atoms with van der Waals surface area (Å²) in [6.07, 6.45) is 4.36. The summed E-state index contributed by atoms with van der Waals surface area (Å²) in [5, 5.41) is 13.8. The highest BCUT2D eigenvalue weighted by Crippen LogP contribution is 2.35. The Labute approximate surface area is 209 Å². The molecule has 4 heteroatoms. The Kier molecular flexibility index (Phi) is 8.38. The zero-order chi connectivity index (χ0) is 24.6. The molecule has 0 saturated heterocycles. The van der Waals surface area contributed by atoms with Crippen molar-refractivity contribution in [3.8, 4) is 28.4 Å². The van der Waals surface area contributed by atoms with Crippen LogP contribution in [0.5, 0.6) is 5.75 Å². The molecule has 0 radical (unpaired) electrons. The van der Waals surface area contributed by atoms with E-state index in [0.29, 0.717) is 5.75 Å². The third-order valence-corrected chi connectivity index (χ3v) is 6.52. The molecule has 4 aromatic rings. The molecule has 0 bridgehead atoms. The summed E-state index contributed by atoms with van der Waals surface area (Å²) >= 11 is 0. The Morgan fingerprint density at radius 2 is 1.57 bits per heavy atom. The van der Waals surface area contributed by atoms with Gasteiger partial charge < -0.3 is 15.0 Å². The van der Waals surface area contributed by atoms with Crippen molar-refractivity contribution in [3.05, 3.63) is 95.7 Å². The van der Waals surface area contributed by atoms with E-state index in [9.17, 15) is 5.11 Å². The average Bonchev–Trinajstić information content (AvgIpc) is 3.26. The van der Waals surface area contributed by atoms with Gasteiger partial charge in [0, 0.05) is 30.3 Å². The molecule has 35 heavy (non-hydrogen) atoms. The third-order valence-electron chi connectivity index (χ3n) is 6.52. The summed E-state index contributed by atoms with van der Waals surface area (Å²) < 4.78 is 2.44. The lowest BCUT2D eigenvalue weighted by Gasteiger charge is -2.23. The van der Waals surface area contributed by atoms with Crippen LogP contribution in [0.25, 0.3) is 22.6 Å². The molecule has 0 saturated carbocycles. The van der Waals surface area contributed by atoms with Gasteiger partial charge in [-0.3, -0.25) is 0 Å². The van der Waals surface area contributed by atoms with Crippen LogP contribution in [-0.4, -0.2) is 14.7 Å². The molecule has 0 aliphatic rings. The van der Waals surface area contributed by atoms with Crippen LogP contribution in [0.4, 0.5) is 0 Å². The van der Waals surface area contributed by atoms with Crippen LogP contribution in [-0.2, 0) is 13.1 Å². The number of aryl methyl sites for hydroxylation is 1. The fraction of sp³-hybridized carbons (Fsp3) is 0.323. The Morgan fingerprint density at radius 3 is 2.20 bits per heavy atom. The van der Waals surface area contributed by atoms with E-state index in [1.807, 2.05) is 13.0 Å². The quantitative estimate of drug-likeness (QED) is 0.238. The number of phenolic OH excluding ortho intramolecular Hbond substituents is 1. The molecule has 1 unspecified atom stereocenters. The predicted molar refractivity (Wildman–Crippen MR) is 145 cm³/mol. The van der Waals surface area contributed by atoms with Gasteiger partial charge in [-0.15, -0.1) is 0 Å². The van der Waals surface area contributed by atoms with Crippen molar-refractivity contribution in [2.45, 2.75) is 65.6 Å². The third kappa shape index (κ3) is 5.83. The molecule has 0 fully saturated rings. The topological polar surface area (TPSA) is 50.1 Å². The van der Waals surface area contributed by atoms with E-state index >= 15 is 0 Å². The van der Waals surface area contributed by atoms with E-state index < -0.39 is 0 Å². The second-order valence-corrected chi connectivity index (χ2v) is 9.25. The molecule has 0 aliphatic heterocycles. The number of hydrogen-bond donors (Lipinski definition) is 2. The van der Waals surface area contributed by atoms with Crippen molar-refractivity contribution in [2.75, 3.05) is 0 Å². The van der Waals surface area contributed by atoms with Gasteiger partial charge in [0.2, 0.25) is 0 Å². The first-order valence-electron chi connectivity index (χ1n) is 12.9. The van der Waals surface area contributed by atoms with Crippen molar-refractivity contribution in [3.63, 3.8) is 0 Å². The minimum atomic E-state index is 0.163. The van der Waals surface area contributed by atoms with Gasteiger partial charge in [0.25, 0.3) is 0 Å². The van der Waals surface area contributed by atoms with Gasteiger partial charge in [-0.1, -0.05) is 99.5 Å². The number of phenols is 1. The van der Waals surface area contributed by atoms with Crippen LogP contribution in [0.1, 0.15) is 62.4 Å². The zero-order valence-corrected chi connectivity index (χ0v) is 21.2. The summed E-state index contributed by atoms with van der Waals surface area (Å²) in [4.78, 5) is 5.27. The van der Waals surface area contributed by atoms with E-state index in [1.165, 1.54) is 11.3 Å². The van der Waals surface area contributed by atoms with Crippen molar-refractivity contribution in [1.29, 1.82) is 0 Å². The van der Waals surface area contributed by atoms with Crippen LogP contribution < -0.4 is 5.32 Å². The number of hydrogen-bond acceptors (Lipinski definition) is 3. The summed E-state index contributed by atoms with van der Waals surface area (Å²) in [6, 6.07) is 27.1. The molecule has 182 valence electrons. The van der Waals surface area contributed by atoms with Crippen molar-refractivity contribution >= 4 is 0 Å². The minimum Gasteiger partial charge on any atom is -0.508 e. The number of unbranched alkanes of at least 4 members (excludes halogenated alkanes) is 1. The maximum absolute atomic E-state index is 9.95. The smallest absolute Gasteiger partial charge is 0.140 e. The molecule has 2 N–H and O–H groups in total. The second-order valence-electron chi connectivity index (χ2n) is 9.25. The molecule has 0 amide bonds. The lowest BCUT2D eigenvalue weighted by molar-refractivity contribution is 0.450. The number of aromatic nitrogens is 2. The van der Waals surface area contributed by atoms with E-state index in [-0.39, 0.29) is 6.04 Å². The Bertz CT molecular complexity index is 1210. The Hall–Kier alpha value is -3.37. The summed E-state index contributed by atoms with van der Waals surface area (Å²) in [5.74, 6) is 1.38. The highest BCUT2D eigenvalue weighted by Gasteiger charge is 2.25. The Balaban J connectivity index is 1.81. The normalized spacial score (nSPS) is 12.1. The summed E-state index contributed by atoms with van der Waals surface area (Å²) in [5.41, 5.74) is 6.70. The van der Waals surface area contributed by atoms with Crippen LogP contribution in [0.2, 0.25) is 0 Å². The zero-order valence-electron chi connectivity index (χ0n) is 21.2. The first-order chi connectivity index (χ1) is 17.1. The number of imidazole rings is 1. The van der Waals surface area contributed by atoms with E-state index in [1.54, 1.807) is 6.07 Å². The molecular weight excluding hydrogens is 430 g/mol. The van der Waals surface area contributed by atoms with Gasteiger partial charge in [0.15, 0.2) is 0 Å². The van der Waals surface area contributed by atoms with Gasteiger partial charge in [0.1, 0.15) is 11.6 Å². The number of benzene rings is 3. The molecule has 0 spiro atoms. The maximum Gasteiger partial charge on any atom is 0.140 e. The van der Waals surface area contributed by atoms with Gasteiger partial charge in [-0.2, -0.15) is 0 Å². The van der Waals surface area contributed by atoms with Crippen LogP contribution in [0.3, 0.4) is 0 Å². The van der Waals surface area contributed by atoms with Gasteiger partial charge >= 0.3 is 0 Å². The molecule has 1 heterocycles. The molecule has 4 rings (SSSR count). The number of nitrogens with zero attached hydrogens (tertiary/aromatic N) is 2. The lowest BCUT2D eigenvalue weighted by atomic mass is 10.00. The molecule has 3 aromatic carbocycles. The standard InChI is InChI=1S/C31H37N3O/c1-4-6-17-27(32-22-24-18-19-28(35)23(3)21-24)30-29(25-13-9-7-10-14-25)33-31(34(30)20-5-2)26-15-11-8-12-16-26/h7-16,18-19,21,27,32,35H,4-6,17,20,22H2,1-3H3. The molecule has 1 aromatic heterocycles. The number of rotatable bonds is 11. The summed E-state index contributed by atoms with van der Waals surface area (Å²) in [6.45, 7) is 8.08. The largest absolute Gasteiger partial charge is 0.508 e. The predicted octanol–water partition coefficient (Wildman–Crippen LogP) is 7.66. The molecule has 4 nitrogen and oxygen atoms in total. The van der Waals surface area contributed by atoms with Crippen molar-refractivity contribution in [1.82, 2.24) is 14.9 Å². The van der Waals surface area contributed by atoms with E-state index in [4.69, 9.17) is 4.98 Å². The highest BCUT2D eigenvalue weighted by atomic mass is 16.3. The van der Waals surface area contributed by atoms with Crippen molar-refractivity contribution in [2.24, 2.45) is 0 Å². The second kappa shape index (κ2) is 11.9.